The summed E-state index contributed by atoms with van der Waals surface area (Å²) in [7, 11) is 0. The van der Waals surface area contributed by atoms with Crippen molar-refractivity contribution in [2.75, 3.05) is 23.3 Å². The minimum absolute atomic E-state index is 0.182. The number of pyridine rings is 1. The summed E-state index contributed by atoms with van der Waals surface area (Å²) < 4.78 is 0. The number of carbonyl (C=O) groups is 1. The van der Waals surface area contributed by atoms with Gasteiger partial charge in [-0.3, -0.25) is 0 Å². The zero-order valence-corrected chi connectivity index (χ0v) is 15.8. The number of benzene rings is 1. The lowest BCUT2D eigenvalue weighted by Crippen LogP contribution is -2.33. The lowest BCUT2D eigenvalue weighted by Gasteiger charge is -2.22. The van der Waals surface area contributed by atoms with Crippen LogP contribution in [0.1, 0.15) is 29.3 Å². The molecule has 1 aromatic carbocycles. The van der Waals surface area contributed by atoms with Crippen molar-refractivity contribution in [1.82, 2.24) is 10.3 Å². The van der Waals surface area contributed by atoms with Gasteiger partial charge in [0.1, 0.15) is 0 Å². The van der Waals surface area contributed by atoms with E-state index < -0.39 is 0 Å². The van der Waals surface area contributed by atoms with Crippen LogP contribution in [0.4, 0.5) is 16.3 Å². The highest BCUT2D eigenvalue weighted by Gasteiger charge is 2.21. The average molecular weight is 379 g/mol. The summed E-state index contributed by atoms with van der Waals surface area (Å²) in [5.41, 5.74) is 1.80. The molecule has 1 unspecified atom stereocenters. The minimum Gasteiger partial charge on any atom is -0.355 e. The molecule has 3 aromatic rings. The van der Waals surface area contributed by atoms with Crippen LogP contribution in [0.5, 0.6) is 0 Å². The first-order chi connectivity index (χ1) is 13.3. The molecule has 0 spiro atoms. The van der Waals surface area contributed by atoms with Gasteiger partial charge in [0.15, 0.2) is 5.82 Å². The van der Waals surface area contributed by atoms with Gasteiger partial charge in [-0.25, -0.2) is 9.78 Å². The largest absolute Gasteiger partial charge is 0.355 e. The van der Waals surface area contributed by atoms with Crippen LogP contribution in [0.2, 0.25) is 0 Å². The lowest BCUT2D eigenvalue weighted by molar-refractivity contribution is 0.250. The number of anilines is 2. The molecule has 2 N–H and O–H groups in total. The van der Waals surface area contributed by atoms with E-state index in [4.69, 9.17) is 0 Å². The second kappa shape index (κ2) is 8.22. The number of carbonyl (C=O) groups excluding carboxylic acids is 1. The van der Waals surface area contributed by atoms with Gasteiger partial charge in [0.2, 0.25) is 0 Å². The number of nitrogens with one attached hydrogen (secondary N) is 2. The Kier molecular flexibility index (Phi) is 5.34. The molecule has 1 saturated heterocycles. The highest BCUT2D eigenvalue weighted by Crippen LogP contribution is 2.28. The van der Waals surface area contributed by atoms with Gasteiger partial charge >= 0.3 is 6.03 Å². The molecule has 0 bridgehead atoms. The van der Waals surface area contributed by atoms with Crippen molar-refractivity contribution < 1.29 is 4.79 Å². The maximum atomic E-state index is 12.8. The molecule has 0 aliphatic carbocycles. The molecule has 2 aromatic heterocycles. The summed E-state index contributed by atoms with van der Waals surface area (Å²) >= 11 is 1.63. The molecule has 1 fully saturated rings. The van der Waals surface area contributed by atoms with Crippen LogP contribution in [-0.2, 0) is 0 Å². The average Bonchev–Trinajstić information content (AvgIpc) is 3.41. The summed E-state index contributed by atoms with van der Waals surface area (Å²) in [6.07, 6.45) is 4.10. The normalized spacial score (nSPS) is 14.7. The van der Waals surface area contributed by atoms with Crippen LogP contribution in [-0.4, -0.2) is 24.1 Å². The molecule has 5 nitrogen and oxygen atoms in total. The van der Waals surface area contributed by atoms with Crippen LogP contribution >= 0.6 is 11.3 Å². The van der Waals surface area contributed by atoms with Crippen LogP contribution in [0.15, 0.2) is 66.2 Å². The van der Waals surface area contributed by atoms with E-state index in [0.29, 0.717) is 0 Å². The van der Waals surface area contributed by atoms with E-state index in [1.807, 2.05) is 60.0 Å². The summed E-state index contributed by atoms with van der Waals surface area (Å²) in [4.78, 5) is 20.6. The van der Waals surface area contributed by atoms with E-state index in [-0.39, 0.29) is 12.1 Å². The molecule has 1 aliphatic heterocycles. The highest BCUT2D eigenvalue weighted by atomic mass is 32.1. The van der Waals surface area contributed by atoms with Crippen LogP contribution in [0.3, 0.4) is 0 Å². The highest BCUT2D eigenvalue weighted by molar-refractivity contribution is 7.10. The maximum Gasteiger partial charge on any atom is 0.320 e. The lowest BCUT2D eigenvalue weighted by atomic mass is 10.1. The Morgan fingerprint density at radius 1 is 1.04 bits per heavy atom. The Balaban J connectivity index is 1.53. The zero-order valence-electron chi connectivity index (χ0n) is 15.0. The molecule has 0 saturated carbocycles. The number of hydrogen-bond acceptors (Lipinski definition) is 4. The zero-order chi connectivity index (χ0) is 18.5. The molecular formula is C21H22N4OS. The Morgan fingerprint density at radius 3 is 2.59 bits per heavy atom. The monoisotopic (exact) mass is 378 g/mol. The molecular weight excluding hydrogens is 356 g/mol. The van der Waals surface area contributed by atoms with Crippen molar-refractivity contribution in [1.29, 1.82) is 0 Å². The second-order valence-corrected chi connectivity index (χ2v) is 7.51. The molecule has 1 atom stereocenters. The number of thiophene rings is 1. The Bertz CT molecular complexity index is 876. The molecule has 6 heteroatoms. The molecule has 0 radical (unpaired) electrons. The van der Waals surface area contributed by atoms with Crippen molar-refractivity contribution in [3.05, 3.63) is 76.6 Å². The van der Waals surface area contributed by atoms with Crippen LogP contribution in [0, 0.1) is 0 Å². The summed E-state index contributed by atoms with van der Waals surface area (Å²) in [6.45, 7) is 1.96. The van der Waals surface area contributed by atoms with Gasteiger partial charge in [0, 0.05) is 24.2 Å². The smallest absolute Gasteiger partial charge is 0.320 e. The first-order valence-electron chi connectivity index (χ1n) is 9.17. The SMILES string of the molecule is O=C(Nc1cccnc1N1CCCC1)NC(c1ccccc1)c1cccs1. The molecule has 2 amide bonds. The van der Waals surface area contributed by atoms with E-state index in [1.165, 1.54) is 0 Å². The fraction of sp³-hybridized carbons (Fsp3) is 0.238. The van der Waals surface area contributed by atoms with E-state index in [1.54, 1.807) is 17.5 Å². The van der Waals surface area contributed by atoms with Gasteiger partial charge in [0.25, 0.3) is 0 Å². The van der Waals surface area contributed by atoms with Crippen molar-refractivity contribution >= 4 is 28.9 Å². The van der Waals surface area contributed by atoms with Crippen molar-refractivity contribution in [2.45, 2.75) is 18.9 Å². The summed E-state index contributed by atoms with van der Waals surface area (Å²) in [5.74, 6) is 0.845. The number of aromatic nitrogens is 1. The van der Waals surface area contributed by atoms with Crippen molar-refractivity contribution in [3.63, 3.8) is 0 Å². The van der Waals surface area contributed by atoms with Crippen LogP contribution in [0.25, 0.3) is 0 Å². The fourth-order valence-electron chi connectivity index (χ4n) is 3.38. The maximum absolute atomic E-state index is 12.8. The minimum atomic E-state index is -0.231. The third-order valence-corrected chi connectivity index (χ3v) is 5.61. The molecule has 4 rings (SSSR count). The van der Waals surface area contributed by atoms with Gasteiger partial charge < -0.3 is 15.5 Å². The molecule has 138 valence electrons. The van der Waals surface area contributed by atoms with Gasteiger partial charge in [0.05, 0.1) is 11.7 Å². The van der Waals surface area contributed by atoms with Gasteiger partial charge in [-0.2, -0.15) is 0 Å². The second-order valence-electron chi connectivity index (χ2n) is 6.53. The van der Waals surface area contributed by atoms with E-state index in [2.05, 4.69) is 20.5 Å². The van der Waals surface area contributed by atoms with E-state index >= 15 is 0 Å². The van der Waals surface area contributed by atoms with Crippen molar-refractivity contribution in [3.8, 4) is 0 Å². The number of nitrogens with zero attached hydrogens (tertiary/aromatic N) is 2. The standard InChI is InChI=1S/C21H22N4OS/c26-21(23-17-10-6-12-22-20(17)25-13-4-5-14-25)24-19(18-11-7-15-27-18)16-8-2-1-3-9-16/h1-3,6-12,15,19H,4-5,13-14H2,(H2,23,24,26). The quantitative estimate of drug-likeness (QED) is 0.679. The number of urea groups is 1. The first-order valence-corrected chi connectivity index (χ1v) is 10.0. The van der Waals surface area contributed by atoms with Gasteiger partial charge in [-0.1, -0.05) is 36.4 Å². The Hall–Kier alpha value is -2.86. The fourth-order valence-corrected chi connectivity index (χ4v) is 4.19. The Labute approximate surface area is 163 Å². The topological polar surface area (TPSA) is 57.3 Å². The predicted molar refractivity (Wildman–Crippen MR) is 110 cm³/mol. The molecule has 1 aliphatic rings. The number of rotatable bonds is 5. The summed E-state index contributed by atoms with van der Waals surface area (Å²) in [5, 5.41) is 8.14. The summed E-state index contributed by atoms with van der Waals surface area (Å²) in [6, 6.07) is 17.4. The predicted octanol–water partition coefficient (Wildman–Crippen LogP) is 4.65. The molecule has 3 heterocycles. The first kappa shape index (κ1) is 17.5. The molecule has 27 heavy (non-hydrogen) atoms. The van der Waals surface area contributed by atoms with Crippen LogP contribution < -0.4 is 15.5 Å². The van der Waals surface area contributed by atoms with Gasteiger partial charge in [-0.05, 0) is 42.0 Å². The number of hydrogen-bond donors (Lipinski definition) is 2. The third-order valence-electron chi connectivity index (χ3n) is 4.68. The third kappa shape index (κ3) is 4.11. The number of amides is 2. The Morgan fingerprint density at radius 2 is 1.85 bits per heavy atom. The van der Waals surface area contributed by atoms with E-state index in [9.17, 15) is 4.79 Å². The van der Waals surface area contributed by atoms with Crippen molar-refractivity contribution in [2.24, 2.45) is 0 Å². The van der Waals surface area contributed by atoms with E-state index in [0.717, 1.165) is 47.9 Å². The van der Waals surface area contributed by atoms with Gasteiger partial charge in [-0.15, -0.1) is 11.3 Å².